The number of carbonyl (C=O) groups is 3. The van der Waals surface area contributed by atoms with Crippen LogP contribution in [0, 0.1) is 6.92 Å². The van der Waals surface area contributed by atoms with Gasteiger partial charge < -0.3 is 10.4 Å². The predicted molar refractivity (Wildman–Crippen MR) is 75.5 cm³/mol. The molecule has 0 aromatic heterocycles. The smallest absolute Gasteiger partial charge is 0.305 e. The van der Waals surface area contributed by atoms with Crippen molar-refractivity contribution in [3.05, 3.63) is 29.8 Å². The van der Waals surface area contributed by atoms with Crippen LogP contribution in [0.15, 0.2) is 24.3 Å². The Hall–Kier alpha value is -2.02. The van der Waals surface area contributed by atoms with E-state index in [9.17, 15) is 14.4 Å². The molecule has 106 valence electrons. The van der Waals surface area contributed by atoms with Crippen molar-refractivity contribution in [2.75, 3.05) is 11.9 Å². The summed E-state index contributed by atoms with van der Waals surface area (Å²) in [5.74, 6) is -1.44. The van der Waals surface area contributed by atoms with Crippen LogP contribution in [0.25, 0.3) is 0 Å². The number of benzene rings is 1. The highest BCUT2D eigenvalue weighted by Crippen LogP contribution is 2.28. The normalized spacial score (nSPS) is 18.4. The van der Waals surface area contributed by atoms with Gasteiger partial charge in [0, 0.05) is 12.2 Å². The minimum Gasteiger partial charge on any atom is -0.481 e. The number of nitrogens with one attached hydrogen (secondary N) is 1. The Morgan fingerprint density at radius 2 is 2.00 bits per heavy atom. The molecule has 1 aromatic rings. The fraction of sp³-hybridized carbons (Fsp3) is 0.308. The van der Waals surface area contributed by atoms with Crippen LogP contribution in [-0.4, -0.2) is 39.0 Å². The zero-order valence-corrected chi connectivity index (χ0v) is 11.6. The summed E-state index contributed by atoms with van der Waals surface area (Å²) in [5.41, 5.74) is 1.84. The quantitative estimate of drug-likeness (QED) is 0.862. The van der Waals surface area contributed by atoms with Gasteiger partial charge in [0.25, 0.3) is 11.1 Å². The van der Waals surface area contributed by atoms with Crippen LogP contribution in [0.2, 0.25) is 0 Å². The third-order valence-electron chi connectivity index (χ3n) is 2.83. The third-order valence-corrected chi connectivity index (χ3v) is 3.81. The number of hydrogen-bond acceptors (Lipinski definition) is 5. The Balaban J connectivity index is 2.00. The van der Waals surface area contributed by atoms with E-state index in [-0.39, 0.29) is 13.0 Å². The molecule has 1 aliphatic heterocycles. The lowest BCUT2D eigenvalue weighted by atomic mass is 10.2. The van der Waals surface area contributed by atoms with Crippen LogP contribution in [0.3, 0.4) is 0 Å². The van der Waals surface area contributed by atoms with Crippen LogP contribution >= 0.6 is 11.8 Å². The molecular weight excluding hydrogens is 280 g/mol. The second-order valence-corrected chi connectivity index (χ2v) is 5.46. The van der Waals surface area contributed by atoms with Gasteiger partial charge in [0.05, 0.1) is 6.42 Å². The number of carbonyl (C=O) groups excluding carboxylic acids is 2. The summed E-state index contributed by atoms with van der Waals surface area (Å²) in [5, 5.41) is 10.5. The topological polar surface area (TPSA) is 86.7 Å². The van der Waals surface area contributed by atoms with E-state index in [2.05, 4.69) is 5.32 Å². The molecule has 1 heterocycles. The fourth-order valence-corrected chi connectivity index (χ4v) is 2.68. The van der Waals surface area contributed by atoms with E-state index in [1.807, 2.05) is 31.2 Å². The molecule has 7 heteroatoms. The molecule has 2 N–H and O–H groups in total. The number of thioether (sulfide) groups is 1. The molecule has 2 rings (SSSR count). The molecule has 0 saturated carbocycles. The number of carboxylic acid groups (broad SMARTS) is 1. The van der Waals surface area contributed by atoms with Crippen molar-refractivity contribution in [2.45, 2.75) is 18.7 Å². The van der Waals surface area contributed by atoms with Crippen LogP contribution < -0.4 is 5.32 Å². The number of amides is 2. The maximum absolute atomic E-state index is 12.0. The summed E-state index contributed by atoms with van der Waals surface area (Å²) in [6.45, 7) is 1.86. The van der Waals surface area contributed by atoms with Crippen molar-refractivity contribution >= 4 is 34.6 Å². The van der Waals surface area contributed by atoms with Gasteiger partial charge in [-0.1, -0.05) is 17.7 Å². The van der Waals surface area contributed by atoms with Gasteiger partial charge in [-0.25, -0.2) is 0 Å². The number of rotatable bonds is 5. The van der Waals surface area contributed by atoms with E-state index in [0.29, 0.717) is 0 Å². The Kier molecular flexibility index (Phi) is 4.29. The zero-order valence-electron chi connectivity index (χ0n) is 10.8. The van der Waals surface area contributed by atoms with Gasteiger partial charge in [0.2, 0.25) is 0 Å². The van der Waals surface area contributed by atoms with Gasteiger partial charge in [0.15, 0.2) is 5.37 Å². The lowest BCUT2D eigenvalue weighted by Gasteiger charge is -2.13. The van der Waals surface area contributed by atoms with Crippen molar-refractivity contribution in [3.63, 3.8) is 0 Å². The molecule has 1 saturated heterocycles. The molecule has 6 nitrogen and oxygen atoms in total. The summed E-state index contributed by atoms with van der Waals surface area (Å²) in [6.07, 6.45) is -0.241. The zero-order chi connectivity index (χ0) is 14.7. The molecular formula is C13H14N2O4S. The summed E-state index contributed by atoms with van der Waals surface area (Å²) in [6, 6.07) is 7.45. The Bertz CT molecular complexity index is 544. The van der Waals surface area contributed by atoms with Gasteiger partial charge in [-0.3, -0.25) is 19.3 Å². The van der Waals surface area contributed by atoms with E-state index in [1.165, 1.54) is 0 Å². The maximum Gasteiger partial charge on any atom is 0.305 e. The molecule has 0 radical (unpaired) electrons. The van der Waals surface area contributed by atoms with Crippen LogP contribution in [0.1, 0.15) is 12.0 Å². The summed E-state index contributed by atoms with van der Waals surface area (Å²) in [4.78, 5) is 35.2. The van der Waals surface area contributed by atoms with Crippen molar-refractivity contribution in [1.29, 1.82) is 0 Å². The highest BCUT2D eigenvalue weighted by Gasteiger charge is 2.39. The van der Waals surface area contributed by atoms with Crippen molar-refractivity contribution in [1.82, 2.24) is 4.90 Å². The monoisotopic (exact) mass is 294 g/mol. The van der Waals surface area contributed by atoms with E-state index in [4.69, 9.17) is 5.11 Å². The molecule has 1 fully saturated rings. The minimum atomic E-state index is -1.04. The van der Waals surface area contributed by atoms with Crippen molar-refractivity contribution < 1.29 is 19.5 Å². The molecule has 2 amide bonds. The Morgan fingerprint density at radius 3 is 2.60 bits per heavy atom. The molecule has 1 aliphatic rings. The first-order valence-corrected chi connectivity index (χ1v) is 6.92. The predicted octanol–water partition coefficient (Wildman–Crippen LogP) is 1.90. The SMILES string of the molecule is Cc1ccc(NC2SC(=O)N(CCC(=O)O)C2=O)cc1. The standard InChI is InChI=1S/C13H14N2O4S/c1-8-2-4-9(5-3-8)14-11-12(18)15(13(19)20-11)7-6-10(16)17/h2-5,11,14H,6-7H2,1H3,(H,16,17). The number of carboxylic acids is 1. The molecule has 1 aromatic carbocycles. The highest BCUT2D eigenvalue weighted by atomic mass is 32.2. The lowest BCUT2D eigenvalue weighted by Crippen LogP contribution is -2.35. The first-order chi connectivity index (χ1) is 9.47. The van der Waals surface area contributed by atoms with Gasteiger partial charge >= 0.3 is 5.97 Å². The van der Waals surface area contributed by atoms with Gasteiger partial charge in [-0.15, -0.1) is 0 Å². The summed E-state index contributed by atoms with van der Waals surface area (Å²) in [7, 11) is 0. The second kappa shape index (κ2) is 5.96. The molecule has 0 bridgehead atoms. The van der Waals surface area contributed by atoms with E-state index in [0.717, 1.165) is 27.9 Å². The number of nitrogens with zero attached hydrogens (tertiary/aromatic N) is 1. The Labute approximate surface area is 120 Å². The van der Waals surface area contributed by atoms with Crippen LogP contribution in [0.5, 0.6) is 0 Å². The van der Waals surface area contributed by atoms with Gasteiger partial charge in [-0.2, -0.15) is 0 Å². The van der Waals surface area contributed by atoms with E-state index >= 15 is 0 Å². The van der Waals surface area contributed by atoms with Gasteiger partial charge in [0.1, 0.15) is 0 Å². The molecule has 1 unspecified atom stereocenters. The summed E-state index contributed by atoms with van der Waals surface area (Å²) < 4.78 is 0. The summed E-state index contributed by atoms with van der Waals surface area (Å²) >= 11 is 0.866. The number of hydrogen-bond donors (Lipinski definition) is 2. The largest absolute Gasteiger partial charge is 0.481 e. The number of aliphatic carboxylic acids is 1. The average molecular weight is 294 g/mol. The first kappa shape index (κ1) is 14.4. The highest BCUT2D eigenvalue weighted by molar-refractivity contribution is 8.15. The van der Waals surface area contributed by atoms with Gasteiger partial charge in [-0.05, 0) is 30.8 Å². The first-order valence-electron chi connectivity index (χ1n) is 6.04. The van der Waals surface area contributed by atoms with E-state index in [1.54, 1.807) is 0 Å². The van der Waals surface area contributed by atoms with Crippen molar-refractivity contribution in [2.24, 2.45) is 0 Å². The minimum absolute atomic E-state index is 0.0912. The second-order valence-electron chi connectivity index (χ2n) is 4.41. The lowest BCUT2D eigenvalue weighted by molar-refractivity contribution is -0.137. The number of aryl methyl sites for hydroxylation is 1. The maximum atomic E-state index is 12.0. The number of imide groups is 1. The molecule has 0 spiro atoms. The average Bonchev–Trinajstić information content (AvgIpc) is 2.65. The molecule has 0 aliphatic carbocycles. The fourth-order valence-electron chi connectivity index (χ4n) is 1.75. The van der Waals surface area contributed by atoms with Crippen LogP contribution in [-0.2, 0) is 9.59 Å². The molecule has 1 atom stereocenters. The number of anilines is 1. The molecule has 20 heavy (non-hydrogen) atoms. The van der Waals surface area contributed by atoms with Crippen LogP contribution in [0.4, 0.5) is 10.5 Å². The Morgan fingerprint density at radius 1 is 1.35 bits per heavy atom. The van der Waals surface area contributed by atoms with E-state index < -0.39 is 22.5 Å². The van der Waals surface area contributed by atoms with Crippen molar-refractivity contribution in [3.8, 4) is 0 Å². The third kappa shape index (κ3) is 3.30.